The van der Waals surface area contributed by atoms with Crippen LogP contribution in [0.2, 0.25) is 5.15 Å². The number of morpholine rings is 1. The highest BCUT2D eigenvalue weighted by atomic mass is 35.5. The quantitative estimate of drug-likeness (QED) is 0.701. The van der Waals surface area contributed by atoms with Gasteiger partial charge in [-0.1, -0.05) is 11.6 Å². The average molecular weight is 239 g/mol. The second-order valence-electron chi connectivity index (χ2n) is 3.67. The van der Waals surface area contributed by atoms with Gasteiger partial charge in [-0.05, 0) is 0 Å². The largest absolute Gasteiger partial charge is 0.378 e. The van der Waals surface area contributed by atoms with Crippen LogP contribution in [-0.4, -0.2) is 40.7 Å². The van der Waals surface area contributed by atoms with Crippen LogP contribution < -0.4 is 4.90 Å². The molecule has 0 radical (unpaired) electrons. The Hall–Kier alpha value is -1.33. The number of halogens is 1. The predicted molar refractivity (Wildman–Crippen MR) is 61.0 cm³/mol. The summed E-state index contributed by atoms with van der Waals surface area (Å²) in [6, 6.07) is 1.80. The molecule has 0 aromatic carbocycles. The standard InChI is InChI=1S/C10H11ClN4O/c11-9-5-8-6-12-7-15(8)10(13-9)14-1-3-16-4-2-14/h5-7H,1-4H2. The van der Waals surface area contributed by atoms with E-state index < -0.39 is 0 Å². The fourth-order valence-electron chi connectivity index (χ4n) is 1.87. The first kappa shape index (κ1) is 9.86. The van der Waals surface area contributed by atoms with Crippen molar-refractivity contribution in [3.05, 3.63) is 23.7 Å². The molecule has 16 heavy (non-hydrogen) atoms. The van der Waals surface area contributed by atoms with Gasteiger partial charge in [0.2, 0.25) is 5.95 Å². The summed E-state index contributed by atoms with van der Waals surface area (Å²) in [5.74, 6) is 0.836. The van der Waals surface area contributed by atoms with Gasteiger partial charge in [-0.25, -0.2) is 9.97 Å². The van der Waals surface area contributed by atoms with Gasteiger partial charge >= 0.3 is 0 Å². The van der Waals surface area contributed by atoms with E-state index in [1.54, 1.807) is 18.6 Å². The summed E-state index contributed by atoms with van der Waals surface area (Å²) in [5, 5.41) is 0.495. The number of ether oxygens (including phenoxy) is 1. The molecule has 0 spiro atoms. The summed E-state index contributed by atoms with van der Waals surface area (Å²) in [6.45, 7) is 3.12. The Morgan fingerprint density at radius 3 is 2.94 bits per heavy atom. The molecule has 1 aliphatic rings. The lowest BCUT2D eigenvalue weighted by Crippen LogP contribution is -2.37. The highest BCUT2D eigenvalue weighted by molar-refractivity contribution is 6.29. The zero-order valence-corrected chi connectivity index (χ0v) is 9.39. The Morgan fingerprint density at radius 1 is 1.31 bits per heavy atom. The molecule has 3 rings (SSSR count). The van der Waals surface area contributed by atoms with Crippen molar-refractivity contribution in [1.29, 1.82) is 0 Å². The molecule has 0 atom stereocenters. The molecule has 3 heterocycles. The minimum atomic E-state index is 0.495. The number of imidazole rings is 1. The monoisotopic (exact) mass is 238 g/mol. The molecule has 1 fully saturated rings. The smallest absolute Gasteiger partial charge is 0.212 e. The summed E-state index contributed by atoms with van der Waals surface area (Å²) >= 11 is 5.99. The number of anilines is 1. The molecule has 0 unspecified atom stereocenters. The van der Waals surface area contributed by atoms with E-state index in [9.17, 15) is 0 Å². The third-order valence-electron chi connectivity index (χ3n) is 2.65. The Morgan fingerprint density at radius 2 is 2.12 bits per heavy atom. The molecule has 1 saturated heterocycles. The summed E-state index contributed by atoms with van der Waals surface area (Å²) < 4.78 is 7.26. The molecule has 84 valence electrons. The number of hydrogen-bond acceptors (Lipinski definition) is 4. The first-order valence-corrected chi connectivity index (χ1v) is 5.54. The van der Waals surface area contributed by atoms with Gasteiger partial charge in [0.15, 0.2) is 0 Å². The van der Waals surface area contributed by atoms with E-state index in [1.807, 2.05) is 4.40 Å². The number of aromatic nitrogens is 3. The molecule has 0 amide bonds. The average Bonchev–Trinajstić information content (AvgIpc) is 2.77. The Balaban J connectivity index is 2.09. The van der Waals surface area contributed by atoms with Crippen molar-refractivity contribution in [3.63, 3.8) is 0 Å². The first-order valence-electron chi connectivity index (χ1n) is 5.16. The SMILES string of the molecule is Clc1cc2cncn2c(N2CCOCC2)n1. The molecule has 0 aliphatic carbocycles. The van der Waals surface area contributed by atoms with Crippen LogP contribution in [0.15, 0.2) is 18.6 Å². The maximum atomic E-state index is 5.99. The number of rotatable bonds is 1. The fourth-order valence-corrected chi connectivity index (χ4v) is 2.06. The van der Waals surface area contributed by atoms with Gasteiger partial charge in [0.25, 0.3) is 0 Å². The third kappa shape index (κ3) is 1.62. The van der Waals surface area contributed by atoms with Gasteiger partial charge in [-0.2, -0.15) is 0 Å². The van der Waals surface area contributed by atoms with E-state index in [0.717, 1.165) is 37.8 Å². The van der Waals surface area contributed by atoms with Crippen LogP contribution in [0.1, 0.15) is 0 Å². The fraction of sp³-hybridized carbons (Fsp3) is 0.400. The maximum absolute atomic E-state index is 5.99. The lowest BCUT2D eigenvalue weighted by atomic mass is 10.4. The third-order valence-corrected chi connectivity index (χ3v) is 2.84. The van der Waals surface area contributed by atoms with Crippen LogP contribution in [0.4, 0.5) is 5.95 Å². The molecular weight excluding hydrogens is 228 g/mol. The van der Waals surface area contributed by atoms with Crippen LogP contribution in [0.25, 0.3) is 5.52 Å². The summed E-state index contributed by atoms with van der Waals surface area (Å²) in [4.78, 5) is 10.6. The summed E-state index contributed by atoms with van der Waals surface area (Å²) in [7, 11) is 0. The van der Waals surface area contributed by atoms with Crippen molar-refractivity contribution in [2.45, 2.75) is 0 Å². The maximum Gasteiger partial charge on any atom is 0.212 e. The molecular formula is C10H11ClN4O. The van der Waals surface area contributed by atoms with Crippen molar-refractivity contribution in [1.82, 2.24) is 14.4 Å². The topological polar surface area (TPSA) is 42.7 Å². The minimum absolute atomic E-state index is 0.495. The van der Waals surface area contributed by atoms with Gasteiger partial charge in [-0.3, -0.25) is 4.40 Å². The highest BCUT2D eigenvalue weighted by Crippen LogP contribution is 2.19. The summed E-state index contributed by atoms with van der Waals surface area (Å²) in [6.07, 6.45) is 3.53. The molecule has 6 heteroatoms. The molecule has 2 aromatic heterocycles. The van der Waals surface area contributed by atoms with E-state index in [0.29, 0.717) is 5.15 Å². The van der Waals surface area contributed by atoms with Crippen molar-refractivity contribution in [3.8, 4) is 0 Å². The van der Waals surface area contributed by atoms with E-state index >= 15 is 0 Å². The normalized spacial score (nSPS) is 16.9. The van der Waals surface area contributed by atoms with Crippen LogP contribution in [0.5, 0.6) is 0 Å². The van der Waals surface area contributed by atoms with E-state index in [-0.39, 0.29) is 0 Å². The molecule has 1 aliphatic heterocycles. The number of hydrogen-bond donors (Lipinski definition) is 0. The second-order valence-corrected chi connectivity index (χ2v) is 4.05. The van der Waals surface area contributed by atoms with E-state index in [2.05, 4.69) is 14.9 Å². The van der Waals surface area contributed by atoms with Gasteiger partial charge in [0.1, 0.15) is 11.5 Å². The van der Waals surface area contributed by atoms with Crippen molar-refractivity contribution in [2.75, 3.05) is 31.2 Å². The molecule has 5 nitrogen and oxygen atoms in total. The number of nitrogens with zero attached hydrogens (tertiary/aromatic N) is 4. The van der Waals surface area contributed by atoms with Gasteiger partial charge < -0.3 is 9.64 Å². The Labute approximate surface area is 97.6 Å². The van der Waals surface area contributed by atoms with Crippen LogP contribution in [-0.2, 0) is 4.74 Å². The number of fused-ring (bicyclic) bond motifs is 1. The summed E-state index contributed by atoms with van der Waals surface area (Å²) in [5.41, 5.74) is 0.960. The molecule has 0 saturated carbocycles. The van der Waals surface area contributed by atoms with Gasteiger partial charge in [0, 0.05) is 19.2 Å². The Bertz CT molecular complexity index is 506. The second kappa shape index (κ2) is 3.92. The van der Waals surface area contributed by atoms with Crippen LogP contribution in [0.3, 0.4) is 0 Å². The lowest BCUT2D eigenvalue weighted by molar-refractivity contribution is 0.122. The minimum Gasteiger partial charge on any atom is -0.378 e. The Kier molecular flexibility index (Phi) is 2.41. The van der Waals surface area contributed by atoms with Crippen molar-refractivity contribution < 1.29 is 4.74 Å². The van der Waals surface area contributed by atoms with Gasteiger partial charge in [0.05, 0.1) is 24.9 Å². The van der Waals surface area contributed by atoms with E-state index in [1.165, 1.54) is 0 Å². The molecule has 0 N–H and O–H groups in total. The highest BCUT2D eigenvalue weighted by Gasteiger charge is 2.16. The van der Waals surface area contributed by atoms with Crippen molar-refractivity contribution >= 4 is 23.1 Å². The molecule has 2 aromatic rings. The lowest BCUT2D eigenvalue weighted by Gasteiger charge is -2.28. The zero-order valence-electron chi connectivity index (χ0n) is 8.64. The van der Waals surface area contributed by atoms with Crippen LogP contribution in [0, 0.1) is 0 Å². The van der Waals surface area contributed by atoms with Crippen LogP contribution >= 0.6 is 11.6 Å². The van der Waals surface area contributed by atoms with Crippen molar-refractivity contribution in [2.24, 2.45) is 0 Å². The first-order chi connectivity index (χ1) is 7.84. The van der Waals surface area contributed by atoms with Gasteiger partial charge in [-0.15, -0.1) is 0 Å². The zero-order chi connectivity index (χ0) is 11.0. The molecule has 0 bridgehead atoms. The van der Waals surface area contributed by atoms with E-state index in [4.69, 9.17) is 16.3 Å². The predicted octanol–water partition coefficient (Wildman–Crippen LogP) is 1.22.